The highest BCUT2D eigenvalue weighted by atomic mass is 16.5. The zero-order chi connectivity index (χ0) is 18.9. The summed E-state index contributed by atoms with van der Waals surface area (Å²) >= 11 is 0. The van der Waals surface area contributed by atoms with Crippen molar-refractivity contribution in [2.24, 2.45) is 0 Å². The van der Waals surface area contributed by atoms with Crippen LogP contribution in [0.25, 0.3) is 0 Å². The molecule has 0 aliphatic heterocycles. The van der Waals surface area contributed by atoms with Crippen LogP contribution in [0.5, 0.6) is 11.5 Å². The Morgan fingerprint density at radius 2 is 1.58 bits per heavy atom. The third-order valence-electron chi connectivity index (χ3n) is 4.33. The smallest absolute Gasteiger partial charge is 0.260 e. The average Bonchev–Trinajstić information content (AvgIpc) is 2.66. The molecule has 4 nitrogen and oxygen atoms in total. The van der Waals surface area contributed by atoms with E-state index in [4.69, 9.17) is 9.47 Å². The molecule has 2 aromatic carbocycles. The number of ether oxygens (including phenoxy) is 2. The van der Waals surface area contributed by atoms with E-state index in [0.717, 1.165) is 18.6 Å². The van der Waals surface area contributed by atoms with Crippen molar-refractivity contribution in [1.29, 1.82) is 0 Å². The van der Waals surface area contributed by atoms with E-state index in [2.05, 4.69) is 43.4 Å². The number of nitrogens with one attached hydrogen (secondary N) is 1. The molecule has 0 aliphatic rings. The Labute approximate surface area is 156 Å². The highest BCUT2D eigenvalue weighted by molar-refractivity contribution is 5.80. The molecule has 0 radical (unpaired) electrons. The molecule has 1 unspecified atom stereocenters. The summed E-state index contributed by atoms with van der Waals surface area (Å²) in [5.41, 5.74) is 2.65. The number of aryl methyl sites for hydroxylation is 1. The van der Waals surface area contributed by atoms with Gasteiger partial charge in [-0.05, 0) is 61.1 Å². The first-order valence-electron chi connectivity index (χ1n) is 9.17. The van der Waals surface area contributed by atoms with Crippen LogP contribution in [0.15, 0.2) is 48.5 Å². The predicted octanol–water partition coefficient (Wildman–Crippen LogP) is 4.33. The van der Waals surface area contributed by atoms with Crippen molar-refractivity contribution in [3.05, 3.63) is 59.7 Å². The summed E-state index contributed by atoms with van der Waals surface area (Å²) in [7, 11) is 1.62. The zero-order valence-corrected chi connectivity index (χ0v) is 16.1. The molecule has 140 valence electrons. The fourth-order valence-electron chi connectivity index (χ4n) is 2.63. The molecule has 0 aliphatic carbocycles. The molecule has 1 atom stereocenters. The molecule has 26 heavy (non-hydrogen) atoms. The molecule has 0 bridgehead atoms. The Bertz CT molecular complexity index is 678. The normalized spacial score (nSPS) is 11.9. The van der Waals surface area contributed by atoms with Gasteiger partial charge < -0.3 is 14.8 Å². The van der Waals surface area contributed by atoms with Crippen LogP contribution in [0, 0.1) is 0 Å². The van der Waals surface area contributed by atoms with Gasteiger partial charge >= 0.3 is 0 Å². The lowest BCUT2D eigenvalue weighted by atomic mass is 10.0. The second-order valence-corrected chi connectivity index (χ2v) is 6.73. The summed E-state index contributed by atoms with van der Waals surface area (Å²) in [5.74, 6) is 1.86. The highest BCUT2D eigenvalue weighted by Crippen LogP contribution is 2.18. The Hall–Kier alpha value is -2.49. The quantitative estimate of drug-likeness (QED) is 0.681. The van der Waals surface area contributed by atoms with E-state index in [-0.39, 0.29) is 5.91 Å². The first-order chi connectivity index (χ1) is 12.5. The van der Waals surface area contributed by atoms with E-state index >= 15 is 0 Å². The molecule has 1 N–H and O–H groups in total. The molecule has 1 amide bonds. The lowest BCUT2D eigenvalue weighted by Crippen LogP contribution is -2.36. The van der Waals surface area contributed by atoms with Gasteiger partial charge in [0.15, 0.2) is 6.10 Å². The molecule has 0 heterocycles. The van der Waals surface area contributed by atoms with Gasteiger partial charge in [-0.3, -0.25) is 4.79 Å². The van der Waals surface area contributed by atoms with E-state index in [9.17, 15) is 4.79 Å². The van der Waals surface area contributed by atoms with Gasteiger partial charge in [-0.1, -0.05) is 38.1 Å². The molecule has 0 aromatic heterocycles. The second kappa shape index (κ2) is 9.85. The summed E-state index contributed by atoms with van der Waals surface area (Å²) in [6.45, 7) is 6.78. The van der Waals surface area contributed by atoms with Crippen LogP contribution in [0.2, 0.25) is 0 Å². The van der Waals surface area contributed by atoms with Crippen molar-refractivity contribution in [3.8, 4) is 11.5 Å². The molecule has 2 rings (SSSR count). The van der Waals surface area contributed by atoms with E-state index in [0.29, 0.717) is 18.2 Å². The van der Waals surface area contributed by atoms with Crippen molar-refractivity contribution >= 4 is 5.91 Å². The summed E-state index contributed by atoms with van der Waals surface area (Å²) < 4.78 is 10.8. The van der Waals surface area contributed by atoms with Crippen LogP contribution in [0.3, 0.4) is 0 Å². The van der Waals surface area contributed by atoms with E-state index in [1.54, 1.807) is 26.2 Å². The lowest BCUT2D eigenvalue weighted by Gasteiger charge is -2.15. The van der Waals surface area contributed by atoms with Crippen molar-refractivity contribution < 1.29 is 14.3 Å². The lowest BCUT2D eigenvalue weighted by molar-refractivity contribution is -0.127. The van der Waals surface area contributed by atoms with Crippen molar-refractivity contribution in [3.63, 3.8) is 0 Å². The van der Waals surface area contributed by atoms with Crippen LogP contribution in [0.1, 0.15) is 44.2 Å². The minimum Gasteiger partial charge on any atom is -0.497 e. The van der Waals surface area contributed by atoms with Crippen molar-refractivity contribution in [2.45, 2.75) is 45.6 Å². The van der Waals surface area contributed by atoms with Gasteiger partial charge in [-0.2, -0.15) is 0 Å². The summed E-state index contributed by atoms with van der Waals surface area (Å²) in [5, 5.41) is 2.94. The maximum Gasteiger partial charge on any atom is 0.260 e. The van der Waals surface area contributed by atoms with Gasteiger partial charge in [0.1, 0.15) is 11.5 Å². The number of carbonyl (C=O) groups is 1. The van der Waals surface area contributed by atoms with Crippen LogP contribution < -0.4 is 14.8 Å². The summed E-state index contributed by atoms with van der Waals surface area (Å²) in [4.78, 5) is 12.1. The van der Waals surface area contributed by atoms with E-state index in [1.807, 2.05) is 12.1 Å². The minimum absolute atomic E-state index is 0.101. The molecule has 2 aromatic rings. The van der Waals surface area contributed by atoms with Gasteiger partial charge in [0.25, 0.3) is 5.91 Å². The first-order valence-corrected chi connectivity index (χ1v) is 9.17. The number of benzene rings is 2. The van der Waals surface area contributed by atoms with Gasteiger partial charge in [0.05, 0.1) is 7.11 Å². The third kappa shape index (κ3) is 6.10. The molecular weight excluding hydrogens is 326 g/mol. The largest absolute Gasteiger partial charge is 0.497 e. The highest BCUT2D eigenvalue weighted by Gasteiger charge is 2.14. The van der Waals surface area contributed by atoms with Crippen LogP contribution in [0.4, 0.5) is 0 Å². The topological polar surface area (TPSA) is 47.6 Å². The van der Waals surface area contributed by atoms with Gasteiger partial charge in [-0.15, -0.1) is 0 Å². The zero-order valence-electron chi connectivity index (χ0n) is 16.1. The first kappa shape index (κ1) is 19.8. The van der Waals surface area contributed by atoms with Gasteiger partial charge in [-0.25, -0.2) is 0 Å². The van der Waals surface area contributed by atoms with Crippen molar-refractivity contribution in [2.75, 3.05) is 13.7 Å². The standard InChI is InChI=1S/C22H29NO3/c1-16(2)19-9-7-18(8-10-19)6-5-15-23-22(24)17(3)26-21-13-11-20(25-4)12-14-21/h7-14,16-17H,5-6,15H2,1-4H3,(H,23,24). The molecule has 0 saturated carbocycles. The van der Waals surface area contributed by atoms with Crippen LogP contribution in [-0.2, 0) is 11.2 Å². The van der Waals surface area contributed by atoms with Crippen molar-refractivity contribution in [1.82, 2.24) is 5.32 Å². The minimum atomic E-state index is -0.534. The average molecular weight is 355 g/mol. The molecule has 0 saturated heterocycles. The van der Waals surface area contributed by atoms with E-state index < -0.39 is 6.10 Å². The number of methoxy groups -OCH3 is 1. The number of hydrogen-bond donors (Lipinski definition) is 1. The molecule has 4 heteroatoms. The summed E-state index contributed by atoms with van der Waals surface area (Å²) in [6, 6.07) is 15.9. The third-order valence-corrected chi connectivity index (χ3v) is 4.33. The second-order valence-electron chi connectivity index (χ2n) is 6.73. The fourth-order valence-corrected chi connectivity index (χ4v) is 2.63. The number of hydrogen-bond acceptors (Lipinski definition) is 3. The molecule has 0 fully saturated rings. The maximum absolute atomic E-state index is 12.1. The number of carbonyl (C=O) groups excluding carboxylic acids is 1. The van der Waals surface area contributed by atoms with Gasteiger partial charge in [0, 0.05) is 6.54 Å². The van der Waals surface area contributed by atoms with Gasteiger partial charge in [0.2, 0.25) is 0 Å². The molecule has 0 spiro atoms. The van der Waals surface area contributed by atoms with Crippen LogP contribution >= 0.6 is 0 Å². The Kier molecular flexibility index (Phi) is 7.52. The predicted molar refractivity (Wildman–Crippen MR) is 105 cm³/mol. The van der Waals surface area contributed by atoms with Crippen LogP contribution in [-0.4, -0.2) is 25.7 Å². The number of amides is 1. The number of rotatable bonds is 9. The monoisotopic (exact) mass is 355 g/mol. The summed E-state index contributed by atoms with van der Waals surface area (Å²) in [6.07, 6.45) is 1.32. The fraction of sp³-hybridized carbons (Fsp3) is 0.409. The SMILES string of the molecule is COc1ccc(OC(C)C(=O)NCCCc2ccc(C(C)C)cc2)cc1. The maximum atomic E-state index is 12.1. The molecular formula is C22H29NO3. The Morgan fingerprint density at radius 3 is 2.15 bits per heavy atom. The van der Waals surface area contributed by atoms with E-state index in [1.165, 1.54) is 11.1 Å². The Balaban J connectivity index is 1.70. The Morgan fingerprint density at radius 1 is 0.962 bits per heavy atom.